The second-order valence-corrected chi connectivity index (χ2v) is 7.18. The molecule has 0 radical (unpaired) electrons. The van der Waals surface area contributed by atoms with Crippen molar-refractivity contribution in [2.24, 2.45) is 5.73 Å². The van der Waals surface area contributed by atoms with E-state index < -0.39 is 35.5 Å². The summed E-state index contributed by atoms with van der Waals surface area (Å²) in [4.78, 5) is 42.2. The molecular weight excluding hydrogens is 559 g/mol. The van der Waals surface area contributed by atoms with Crippen molar-refractivity contribution < 1.29 is 79.4 Å². The predicted octanol–water partition coefficient (Wildman–Crippen LogP) is -1.32. The number of hydrogen-bond acceptors (Lipinski definition) is 8. The van der Waals surface area contributed by atoms with Crippen LogP contribution in [0.1, 0.15) is 11.1 Å². The van der Waals surface area contributed by atoms with Crippen molar-refractivity contribution in [3.05, 3.63) is 71.8 Å². The molecule has 8 N–H and O–H groups in total. The van der Waals surface area contributed by atoms with Crippen molar-refractivity contribution in [2.45, 2.75) is 24.9 Å². The van der Waals surface area contributed by atoms with Gasteiger partial charge in [0.15, 0.2) is 13.2 Å². The number of aliphatic carboxylic acids is 2. The zero-order valence-electron chi connectivity index (χ0n) is 21.7. The minimum absolute atomic E-state index is 0. The van der Waals surface area contributed by atoms with E-state index in [9.17, 15) is 19.2 Å². The van der Waals surface area contributed by atoms with Gasteiger partial charge in [-0.25, -0.2) is 14.4 Å². The summed E-state index contributed by atoms with van der Waals surface area (Å²) < 4.78 is 8.64. The number of benzene rings is 2. The summed E-state index contributed by atoms with van der Waals surface area (Å²) in [6.45, 7) is -0.244. The van der Waals surface area contributed by atoms with Gasteiger partial charge in [0.05, 0.1) is 0 Å². The summed E-state index contributed by atoms with van der Waals surface area (Å²) in [5, 5.41) is 19.8. The van der Waals surface area contributed by atoms with Gasteiger partial charge in [-0.3, -0.25) is 4.79 Å². The molecule has 2 rings (SSSR count). The number of terminal acetylenes is 2. The molecule has 0 bridgehead atoms. The molecule has 0 aromatic heterocycles. The van der Waals surface area contributed by atoms with Crippen molar-refractivity contribution in [3.63, 3.8) is 0 Å². The summed E-state index contributed by atoms with van der Waals surface area (Å²) in [7, 11) is 0. The van der Waals surface area contributed by atoms with Crippen LogP contribution in [0, 0.1) is 24.7 Å². The van der Waals surface area contributed by atoms with E-state index >= 15 is 0 Å². The molecule has 0 unspecified atom stereocenters. The summed E-state index contributed by atoms with van der Waals surface area (Å²) in [5.41, 5.74) is 6.24. The number of hydrogen-bond donors (Lipinski definition) is 4. The summed E-state index contributed by atoms with van der Waals surface area (Å²) in [6.07, 6.45) is 9.34. The fraction of sp³-hybridized carbons (Fsp3) is 0.231. The summed E-state index contributed by atoms with van der Waals surface area (Å²) in [6, 6.07) is 16.5. The van der Waals surface area contributed by atoms with Gasteiger partial charge in [-0.15, -0.1) is 12.8 Å². The minimum Gasteiger partial charge on any atom is -0.870 e. The number of carboxylic acids is 2. The van der Waals surface area contributed by atoms with Gasteiger partial charge >= 0.3 is 53.0 Å². The van der Waals surface area contributed by atoms with E-state index in [0.717, 1.165) is 11.1 Å². The van der Waals surface area contributed by atoms with Gasteiger partial charge in [0, 0.05) is 18.0 Å². The Balaban J connectivity index is -0.000000257. The van der Waals surface area contributed by atoms with Crippen LogP contribution in [0.4, 0.5) is 9.59 Å². The van der Waals surface area contributed by atoms with Gasteiger partial charge in [0.2, 0.25) is 0 Å². The Hall–Kier alpha value is -3.59. The van der Waals surface area contributed by atoms with E-state index in [4.69, 9.17) is 40.4 Å². The third-order valence-corrected chi connectivity index (χ3v) is 4.15. The smallest absolute Gasteiger partial charge is 0.870 e. The van der Waals surface area contributed by atoms with Gasteiger partial charge in [0.25, 0.3) is 0 Å². The van der Waals surface area contributed by atoms with E-state index in [2.05, 4.69) is 26.6 Å². The average Bonchev–Trinajstić information content (AvgIpc) is 2.87. The molecule has 14 heteroatoms. The van der Waals surface area contributed by atoms with Crippen LogP contribution in [0.5, 0.6) is 0 Å². The number of carboxylic acid groups (broad SMARTS) is 2. The molecule has 40 heavy (non-hydrogen) atoms. The van der Waals surface area contributed by atoms with Crippen molar-refractivity contribution in [3.8, 4) is 24.7 Å². The molecule has 0 aliphatic heterocycles. The maximum atomic E-state index is 11.2. The molecule has 2 aromatic carbocycles. The standard InChI is InChI=1S/C13H13NO4.C9H11NO2.C4H3ClO2.Na.2H2O/c1-2-8-18-13(17)14-11(12(15)16)9-10-6-4-3-5-7-10;10-8(9(11)12)6-7-4-2-1-3-5-7;1-2-3-7-4(5)6;;;/h1,3-7,11H,8-9H2,(H,14,17)(H,15,16);1-5,8H,6,10H2,(H,11,12);1H,3H2;;2*1H2/q;;;+1;;/p-1/t11-;8-;;;;/m11..../s1. The van der Waals surface area contributed by atoms with Crippen LogP contribution in [0.25, 0.3) is 0 Å². The number of nitrogens with two attached hydrogens (primary N) is 1. The fourth-order valence-corrected chi connectivity index (χ4v) is 2.45. The number of ether oxygens (including phenoxy) is 2. The zero-order chi connectivity index (χ0) is 28.1. The molecule has 0 saturated heterocycles. The van der Waals surface area contributed by atoms with Crippen LogP contribution < -0.4 is 40.6 Å². The van der Waals surface area contributed by atoms with Crippen LogP contribution in [0.3, 0.4) is 0 Å². The van der Waals surface area contributed by atoms with Gasteiger partial charge in [-0.05, 0) is 17.5 Å². The van der Waals surface area contributed by atoms with Crippen LogP contribution in [-0.2, 0) is 31.9 Å². The number of carbonyl (C=O) groups is 4. The van der Waals surface area contributed by atoms with Crippen molar-refractivity contribution in [1.29, 1.82) is 0 Å². The van der Waals surface area contributed by atoms with E-state index in [1.54, 1.807) is 24.3 Å². The molecule has 0 fully saturated rings. The molecule has 0 aliphatic carbocycles. The van der Waals surface area contributed by atoms with Gasteiger partial charge < -0.3 is 41.7 Å². The Morgan fingerprint density at radius 2 is 1.27 bits per heavy atom. The Morgan fingerprint density at radius 1 is 0.850 bits per heavy atom. The Bertz CT molecular complexity index is 1080. The first-order valence-corrected chi connectivity index (χ1v) is 10.9. The second-order valence-electron chi connectivity index (χ2n) is 6.87. The first kappa shape index (κ1) is 43.5. The first-order chi connectivity index (χ1) is 17.6. The predicted molar refractivity (Wildman–Crippen MR) is 142 cm³/mol. The fourth-order valence-electron chi connectivity index (χ4n) is 2.39. The van der Waals surface area contributed by atoms with E-state index in [0.29, 0.717) is 6.42 Å². The van der Waals surface area contributed by atoms with Gasteiger partial charge in [0.1, 0.15) is 12.1 Å². The molecule has 1 amide bonds. The molecule has 0 aliphatic rings. The molecule has 12 nitrogen and oxygen atoms in total. The second kappa shape index (κ2) is 27.0. The minimum atomic E-state index is -1.13. The number of alkyl carbamates (subject to hydrolysis) is 1. The van der Waals surface area contributed by atoms with E-state index in [-0.39, 0.29) is 60.1 Å². The maximum Gasteiger partial charge on any atom is 1.00 e. The van der Waals surface area contributed by atoms with Crippen LogP contribution >= 0.6 is 11.6 Å². The zero-order valence-corrected chi connectivity index (χ0v) is 24.4. The number of carbonyl (C=O) groups excluding carboxylic acids is 2. The number of halogens is 1. The number of amides is 1. The number of nitrogens with one attached hydrogen (secondary N) is 1. The van der Waals surface area contributed by atoms with Crippen LogP contribution in [0.2, 0.25) is 0 Å². The molecule has 0 saturated carbocycles. The molecule has 2 atom stereocenters. The Labute approximate surface area is 259 Å². The van der Waals surface area contributed by atoms with E-state index in [1.165, 1.54) is 0 Å². The quantitative estimate of drug-likeness (QED) is 0.153. The monoisotopic (exact) mass is 588 g/mol. The normalized spacial score (nSPS) is 9.90. The van der Waals surface area contributed by atoms with Crippen LogP contribution in [-0.4, -0.2) is 69.9 Å². The number of rotatable bonds is 9. The SMILES string of the molecule is C#CCOC(=O)Cl.C#CCOC(=O)N[C@H](Cc1ccccc1)C(=O)O.N[C@H](Cc1ccccc1)C(=O)O.O.[Na+].[OH-]. The molecular formula is C26H30ClN2NaO10. The van der Waals surface area contributed by atoms with E-state index in [1.807, 2.05) is 36.4 Å². The third-order valence-electron chi connectivity index (χ3n) is 4.04. The van der Waals surface area contributed by atoms with Crippen molar-refractivity contribution in [2.75, 3.05) is 13.2 Å². The van der Waals surface area contributed by atoms with Crippen molar-refractivity contribution >= 4 is 35.1 Å². The molecule has 0 spiro atoms. The molecule has 2 aromatic rings. The molecule has 0 heterocycles. The largest absolute Gasteiger partial charge is 1.00 e. The third kappa shape index (κ3) is 23.5. The summed E-state index contributed by atoms with van der Waals surface area (Å²) >= 11 is 4.70. The Kier molecular flexibility index (Phi) is 29.3. The maximum absolute atomic E-state index is 11.2. The van der Waals surface area contributed by atoms with Crippen LogP contribution in [0.15, 0.2) is 60.7 Å². The van der Waals surface area contributed by atoms with Gasteiger partial charge in [-0.2, -0.15) is 0 Å². The average molecular weight is 589 g/mol. The summed E-state index contributed by atoms with van der Waals surface area (Å²) in [5.74, 6) is 2.10. The molecule has 212 valence electrons. The van der Waals surface area contributed by atoms with Gasteiger partial charge in [-0.1, -0.05) is 72.5 Å². The van der Waals surface area contributed by atoms with Crippen molar-refractivity contribution in [1.82, 2.24) is 5.32 Å². The Morgan fingerprint density at radius 3 is 1.62 bits per heavy atom. The topological polar surface area (TPSA) is 227 Å². The first-order valence-electron chi connectivity index (χ1n) is 10.5.